The Labute approximate surface area is 336 Å². The van der Waals surface area contributed by atoms with E-state index in [9.17, 15) is 19.0 Å². The fraction of sp³-hybridized carbons (Fsp3) is 0.689. The fourth-order valence-electron chi connectivity index (χ4n) is 5.14. The average Bonchev–Trinajstić information content (AvgIpc) is 3.13. The molecule has 2 atom stereocenters. The molecule has 0 aliphatic carbocycles. The van der Waals surface area contributed by atoms with E-state index < -0.39 is 32.5 Å². The fourth-order valence-corrected chi connectivity index (χ4v) is 5.87. The third-order valence-electron chi connectivity index (χ3n) is 8.46. The Morgan fingerprint density at radius 1 is 0.582 bits per heavy atom. The number of carbonyl (C=O) groups is 2. The summed E-state index contributed by atoms with van der Waals surface area (Å²) < 4.78 is 33.8. The Kier molecular flexibility index (Phi) is 35.3. The van der Waals surface area contributed by atoms with Crippen LogP contribution in [0.4, 0.5) is 0 Å². The van der Waals surface area contributed by atoms with Crippen molar-refractivity contribution in [1.82, 2.24) is 0 Å². The second-order valence-corrected chi connectivity index (χ2v) is 16.4. The van der Waals surface area contributed by atoms with Gasteiger partial charge in [0, 0.05) is 12.8 Å². The highest BCUT2D eigenvalue weighted by Crippen LogP contribution is 2.38. The van der Waals surface area contributed by atoms with E-state index in [1.807, 2.05) is 21.1 Å². The topological polar surface area (TPSA) is 111 Å². The molecule has 55 heavy (non-hydrogen) atoms. The number of hydrogen-bond acceptors (Lipinski definition) is 8. The average molecular weight is 792 g/mol. The molecular weight excluding hydrogens is 713 g/mol. The molecule has 0 amide bonds. The summed E-state index contributed by atoms with van der Waals surface area (Å²) in [5, 5.41) is 0. The van der Waals surface area contributed by atoms with Crippen molar-refractivity contribution in [2.45, 2.75) is 155 Å². The SMILES string of the molecule is CC/C=C\C/C=C\C/C=C\C/C=C\CCCCC(=O)OC(COC(=O)CCCCCCC/C=C\C/C=C\CCCCCC)COP(=O)([O-])OCC[N+](C)(C)C. The maximum atomic E-state index is 12.6. The molecule has 0 aliphatic heterocycles. The van der Waals surface area contributed by atoms with Crippen LogP contribution in [0.5, 0.6) is 0 Å². The first-order valence-corrected chi connectivity index (χ1v) is 22.6. The van der Waals surface area contributed by atoms with Crippen molar-refractivity contribution < 1.29 is 42.1 Å². The van der Waals surface area contributed by atoms with Crippen LogP contribution in [0.25, 0.3) is 0 Å². The van der Waals surface area contributed by atoms with Crippen molar-refractivity contribution >= 4 is 19.8 Å². The number of likely N-dealkylation sites (N-methyl/N-ethyl adjacent to an activating group) is 1. The standard InChI is InChI=1S/C45H78NO8P/c1-6-8-10-12-14-16-18-20-22-24-25-27-29-31-33-35-37-44(47)51-41-43(42-53-55(49,50)52-40-39-46(3,4)5)54-45(48)38-36-34-32-30-28-26-23-21-19-17-15-13-11-9-7-2/h9,11,15-18,21-24,28,30,43H,6-8,10,12-14,19-20,25-27,29,31-42H2,1-5H3/b11-9-,17-15-,18-16-,23-21-,24-22-,30-28-. The number of unbranched alkanes of at least 4 members (excludes halogenated alkanes) is 11. The first-order valence-electron chi connectivity index (χ1n) is 21.1. The van der Waals surface area contributed by atoms with Gasteiger partial charge in [0.25, 0.3) is 7.82 Å². The van der Waals surface area contributed by atoms with Crippen LogP contribution in [0, 0.1) is 0 Å². The Morgan fingerprint density at radius 3 is 1.58 bits per heavy atom. The molecule has 0 rings (SSSR count). The van der Waals surface area contributed by atoms with Gasteiger partial charge in [-0.1, -0.05) is 125 Å². The Morgan fingerprint density at radius 2 is 1.04 bits per heavy atom. The number of phosphoric ester groups is 1. The molecule has 0 fully saturated rings. The van der Waals surface area contributed by atoms with Gasteiger partial charge in [-0.25, -0.2) is 0 Å². The molecule has 0 aliphatic rings. The number of allylic oxidation sites excluding steroid dienone is 12. The van der Waals surface area contributed by atoms with Crippen LogP contribution < -0.4 is 4.89 Å². The van der Waals surface area contributed by atoms with Crippen LogP contribution in [-0.2, 0) is 32.7 Å². The van der Waals surface area contributed by atoms with Crippen molar-refractivity contribution in [3.8, 4) is 0 Å². The molecule has 0 bridgehead atoms. The molecule has 0 aromatic carbocycles. The first-order chi connectivity index (χ1) is 26.5. The van der Waals surface area contributed by atoms with Gasteiger partial charge in [0.15, 0.2) is 6.10 Å². The minimum Gasteiger partial charge on any atom is -0.756 e. The second-order valence-electron chi connectivity index (χ2n) is 15.0. The van der Waals surface area contributed by atoms with E-state index in [4.69, 9.17) is 18.5 Å². The van der Waals surface area contributed by atoms with Gasteiger partial charge in [0.2, 0.25) is 0 Å². The van der Waals surface area contributed by atoms with E-state index in [1.165, 1.54) is 32.1 Å². The lowest BCUT2D eigenvalue weighted by molar-refractivity contribution is -0.870. The highest BCUT2D eigenvalue weighted by atomic mass is 31.2. The zero-order valence-corrected chi connectivity index (χ0v) is 36.2. The molecule has 0 N–H and O–H groups in total. The summed E-state index contributed by atoms with van der Waals surface area (Å²) in [6, 6.07) is 0. The number of carbonyl (C=O) groups excluding carboxylic acids is 2. The maximum Gasteiger partial charge on any atom is 0.306 e. The molecule has 2 unspecified atom stereocenters. The molecule has 0 heterocycles. The molecule has 9 nitrogen and oxygen atoms in total. The largest absolute Gasteiger partial charge is 0.756 e. The van der Waals surface area contributed by atoms with Gasteiger partial charge in [-0.2, -0.15) is 0 Å². The van der Waals surface area contributed by atoms with E-state index in [2.05, 4.69) is 86.8 Å². The number of ether oxygens (including phenoxy) is 2. The molecular formula is C45H78NO8P. The van der Waals surface area contributed by atoms with Crippen LogP contribution in [0.3, 0.4) is 0 Å². The highest BCUT2D eigenvalue weighted by molar-refractivity contribution is 7.45. The van der Waals surface area contributed by atoms with Gasteiger partial charge >= 0.3 is 11.9 Å². The maximum absolute atomic E-state index is 12.6. The molecule has 10 heteroatoms. The summed E-state index contributed by atoms with van der Waals surface area (Å²) >= 11 is 0. The summed E-state index contributed by atoms with van der Waals surface area (Å²) in [7, 11) is 1.12. The molecule has 0 aromatic heterocycles. The molecule has 0 saturated carbocycles. The summed E-state index contributed by atoms with van der Waals surface area (Å²) in [5.41, 5.74) is 0. The Balaban J connectivity index is 4.49. The van der Waals surface area contributed by atoms with Crippen molar-refractivity contribution in [1.29, 1.82) is 0 Å². The molecule has 0 aromatic rings. The third-order valence-corrected chi connectivity index (χ3v) is 9.42. The summed E-state index contributed by atoms with van der Waals surface area (Å²) in [4.78, 5) is 37.5. The molecule has 0 spiro atoms. The van der Waals surface area contributed by atoms with E-state index >= 15 is 0 Å². The van der Waals surface area contributed by atoms with E-state index in [0.29, 0.717) is 23.9 Å². The number of quaternary nitrogens is 1. The van der Waals surface area contributed by atoms with Crippen molar-refractivity contribution in [2.24, 2.45) is 0 Å². The van der Waals surface area contributed by atoms with Gasteiger partial charge < -0.3 is 27.9 Å². The van der Waals surface area contributed by atoms with Crippen molar-refractivity contribution in [3.05, 3.63) is 72.9 Å². The van der Waals surface area contributed by atoms with E-state index in [1.54, 1.807) is 0 Å². The van der Waals surface area contributed by atoms with Crippen molar-refractivity contribution in [2.75, 3.05) is 47.5 Å². The Bertz CT molecular complexity index is 1170. The first kappa shape index (κ1) is 52.5. The monoisotopic (exact) mass is 792 g/mol. The summed E-state index contributed by atoms with van der Waals surface area (Å²) in [6.45, 7) is 4.00. The lowest BCUT2D eigenvalue weighted by atomic mass is 10.1. The van der Waals surface area contributed by atoms with Gasteiger partial charge in [-0.15, -0.1) is 0 Å². The highest BCUT2D eigenvalue weighted by Gasteiger charge is 2.21. The quantitative estimate of drug-likeness (QED) is 0.0201. The third kappa shape index (κ3) is 40.9. The number of hydrogen-bond donors (Lipinski definition) is 0. The second kappa shape index (κ2) is 37.1. The van der Waals surface area contributed by atoms with Gasteiger partial charge in [-0.05, 0) is 83.5 Å². The van der Waals surface area contributed by atoms with E-state index in [-0.39, 0.29) is 26.1 Å². The van der Waals surface area contributed by atoms with Crippen LogP contribution in [0.15, 0.2) is 72.9 Å². The van der Waals surface area contributed by atoms with Gasteiger partial charge in [0.05, 0.1) is 27.7 Å². The minimum atomic E-state index is -4.64. The summed E-state index contributed by atoms with van der Waals surface area (Å²) in [6.07, 6.45) is 45.0. The lowest BCUT2D eigenvalue weighted by Crippen LogP contribution is -2.37. The lowest BCUT2D eigenvalue weighted by Gasteiger charge is -2.28. The van der Waals surface area contributed by atoms with Gasteiger partial charge in [-0.3, -0.25) is 14.2 Å². The van der Waals surface area contributed by atoms with Crippen LogP contribution >= 0.6 is 7.82 Å². The number of rotatable bonds is 37. The predicted octanol–water partition coefficient (Wildman–Crippen LogP) is 11.2. The molecule has 0 saturated heterocycles. The number of nitrogens with zero attached hydrogens (tertiary/aromatic N) is 1. The van der Waals surface area contributed by atoms with Crippen molar-refractivity contribution in [3.63, 3.8) is 0 Å². The normalized spacial score (nSPS) is 14.4. The molecule has 0 radical (unpaired) electrons. The van der Waals surface area contributed by atoms with Crippen LogP contribution in [-0.4, -0.2) is 70.0 Å². The van der Waals surface area contributed by atoms with Crippen LogP contribution in [0.1, 0.15) is 149 Å². The minimum absolute atomic E-state index is 0.0450. The number of phosphoric acid groups is 1. The Hall–Kier alpha value is -2.55. The van der Waals surface area contributed by atoms with E-state index in [0.717, 1.165) is 77.0 Å². The summed E-state index contributed by atoms with van der Waals surface area (Å²) in [5.74, 6) is -0.907. The van der Waals surface area contributed by atoms with Crippen LogP contribution in [0.2, 0.25) is 0 Å². The van der Waals surface area contributed by atoms with Gasteiger partial charge in [0.1, 0.15) is 19.8 Å². The zero-order valence-electron chi connectivity index (χ0n) is 35.3. The molecule has 316 valence electrons. The zero-order chi connectivity index (χ0) is 40.7. The smallest absolute Gasteiger partial charge is 0.306 e. The number of esters is 2. The predicted molar refractivity (Wildman–Crippen MR) is 226 cm³/mol.